The fraction of sp³-hybridized carbons (Fsp3) is 0.375. The Bertz CT molecular complexity index is 539. The number of benzene rings is 2. The molecule has 0 atom stereocenters. The third-order valence-corrected chi connectivity index (χ3v) is 3.38. The summed E-state index contributed by atoms with van der Waals surface area (Å²) in [5.74, 6) is 0.885. The van der Waals surface area contributed by atoms with Crippen molar-refractivity contribution < 1.29 is 9.84 Å². The Hall–Kier alpha value is -1.58. The average Bonchev–Trinajstić information content (AvgIpc) is 2.46. The molecule has 0 radical (unpaired) electrons. The number of ether oxygens (including phenoxy) is 1. The number of aliphatic hydroxyl groups is 1. The van der Waals surface area contributed by atoms with Gasteiger partial charge < -0.3 is 9.84 Å². The predicted octanol–water partition coefficient (Wildman–Crippen LogP) is 2.66. The van der Waals surface area contributed by atoms with Crippen LogP contribution in [0.2, 0.25) is 0 Å². The summed E-state index contributed by atoms with van der Waals surface area (Å²) in [6, 6.07) is 12.6. The average molecular weight is 259 g/mol. The molecule has 0 aromatic heterocycles. The molecule has 2 aromatic rings. The van der Waals surface area contributed by atoms with Gasteiger partial charge in [0.05, 0.1) is 13.7 Å². The molecule has 2 rings (SSSR count). The molecule has 0 heterocycles. The highest BCUT2D eigenvalue weighted by Crippen LogP contribution is 2.22. The molecular weight excluding hydrogens is 238 g/mol. The van der Waals surface area contributed by atoms with Gasteiger partial charge in [-0.1, -0.05) is 25.1 Å². The molecule has 0 spiro atoms. The van der Waals surface area contributed by atoms with Gasteiger partial charge in [0.25, 0.3) is 0 Å². The van der Waals surface area contributed by atoms with E-state index in [1.165, 1.54) is 16.3 Å². The maximum Gasteiger partial charge on any atom is 0.119 e. The summed E-state index contributed by atoms with van der Waals surface area (Å²) in [5, 5.41) is 11.4. The second-order valence-corrected chi connectivity index (χ2v) is 4.64. The fourth-order valence-electron chi connectivity index (χ4n) is 2.25. The Morgan fingerprint density at radius 1 is 1.11 bits per heavy atom. The van der Waals surface area contributed by atoms with Crippen LogP contribution in [-0.2, 0) is 6.54 Å². The first-order chi connectivity index (χ1) is 9.26. The lowest BCUT2D eigenvalue weighted by molar-refractivity contribution is 0.197. The van der Waals surface area contributed by atoms with Gasteiger partial charge in [-0.05, 0) is 41.1 Å². The van der Waals surface area contributed by atoms with Gasteiger partial charge in [-0.2, -0.15) is 0 Å². The standard InChI is InChI=1S/C16H21NO2/c1-3-17(8-9-18)12-13-4-5-15-11-16(19-2)7-6-14(15)10-13/h4-7,10-11,18H,3,8-9,12H2,1-2H3. The van der Waals surface area contributed by atoms with Crippen molar-refractivity contribution in [3.05, 3.63) is 42.0 Å². The number of rotatable bonds is 6. The van der Waals surface area contributed by atoms with E-state index < -0.39 is 0 Å². The number of nitrogens with zero attached hydrogens (tertiary/aromatic N) is 1. The molecule has 2 aromatic carbocycles. The van der Waals surface area contributed by atoms with E-state index in [1.807, 2.05) is 12.1 Å². The van der Waals surface area contributed by atoms with Crippen molar-refractivity contribution in [3.8, 4) is 5.75 Å². The molecule has 1 N–H and O–H groups in total. The van der Waals surface area contributed by atoms with E-state index in [9.17, 15) is 0 Å². The van der Waals surface area contributed by atoms with Crippen molar-refractivity contribution in [2.75, 3.05) is 26.8 Å². The summed E-state index contributed by atoms with van der Waals surface area (Å²) < 4.78 is 5.23. The van der Waals surface area contributed by atoms with Crippen molar-refractivity contribution in [1.82, 2.24) is 4.90 Å². The van der Waals surface area contributed by atoms with Crippen molar-refractivity contribution >= 4 is 10.8 Å². The van der Waals surface area contributed by atoms with E-state index in [0.717, 1.165) is 25.4 Å². The summed E-state index contributed by atoms with van der Waals surface area (Å²) >= 11 is 0. The fourth-order valence-corrected chi connectivity index (χ4v) is 2.25. The van der Waals surface area contributed by atoms with Gasteiger partial charge in [-0.25, -0.2) is 0 Å². The highest BCUT2D eigenvalue weighted by molar-refractivity contribution is 5.84. The molecule has 3 nitrogen and oxygen atoms in total. The lowest BCUT2D eigenvalue weighted by Crippen LogP contribution is -2.26. The largest absolute Gasteiger partial charge is 0.497 e. The van der Waals surface area contributed by atoms with Crippen LogP contribution in [0.3, 0.4) is 0 Å². The van der Waals surface area contributed by atoms with E-state index in [-0.39, 0.29) is 6.61 Å². The maximum atomic E-state index is 9.02. The first-order valence-electron chi connectivity index (χ1n) is 6.66. The molecule has 0 aliphatic carbocycles. The first kappa shape index (κ1) is 13.8. The van der Waals surface area contributed by atoms with Crippen LogP contribution in [-0.4, -0.2) is 36.8 Å². The third kappa shape index (κ3) is 3.46. The normalized spacial score (nSPS) is 11.2. The molecule has 19 heavy (non-hydrogen) atoms. The number of hydrogen-bond donors (Lipinski definition) is 1. The number of aliphatic hydroxyl groups excluding tert-OH is 1. The lowest BCUT2D eigenvalue weighted by atomic mass is 10.1. The number of fused-ring (bicyclic) bond motifs is 1. The molecule has 0 aliphatic rings. The molecule has 0 fully saturated rings. The van der Waals surface area contributed by atoms with Crippen molar-refractivity contribution in [3.63, 3.8) is 0 Å². The number of methoxy groups -OCH3 is 1. The highest BCUT2D eigenvalue weighted by Gasteiger charge is 2.04. The molecule has 0 saturated heterocycles. The maximum absolute atomic E-state index is 9.02. The monoisotopic (exact) mass is 259 g/mol. The van der Waals surface area contributed by atoms with Crippen LogP contribution in [0.25, 0.3) is 10.8 Å². The first-order valence-corrected chi connectivity index (χ1v) is 6.66. The molecule has 102 valence electrons. The van der Waals surface area contributed by atoms with Gasteiger partial charge in [-0.15, -0.1) is 0 Å². The van der Waals surface area contributed by atoms with Crippen molar-refractivity contribution in [2.24, 2.45) is 0 Å². The molecule has 0 amide bonds. The van der Waals surface area contributed by atoms with Gasteiger partial charge >= 0.3 is 0 Å². The van der Waals surface area contributed by atoms with Crippen LogP contribution in [0.15, 0.2) is 36.4 Å². The Morgan fingerprint density at radius 2 is 1.84 bits per heavy atom. The molecule has 0 aliphatic heterocycles. The van der Waals surface area contributed by atoms with Crippen LogP contribution in [0.1, 0.15) is 12.5 Å². The second kappa shape index (κ2) is 6.55. The molecular formula is C16H21NO2. The zero-order valence-electron chi connectivity index (χ0n) is 11.6. The Morgan fingerprint density at radius 3 is 2.53 bits per heavy atom. The topological polar surface area (TPSA) is 32.7 Å². The zero-order chi connectivity index (χ0) is 13.7. The number of likely N-dealkylation sites (N-methyl/N-ethyl adjacent to an activating group) is 1. The van der Waals surface area contributed by atoms with Gasteiger partial charge in [0.15, 0.2) is 0 Å². The Balaban J connectivity index is 2.21. The SMILES string of the molecule is CCN(CCO)Cc1ccc2cc(OC)ccc2c1. The van der Waals surface area contributed by atoms with Gasteiger partial charge in [0, 0.05) is 13.1 Å². The van der Waals surface area contributed by atoms with E-state index in [2.05, 4.69) is 36.1 Å². The summed E-state index contributed by atoms with van der Waals surface area (Å²) in [6.07, 6.45) is 0. The quantitative estimate of drug-likeness (QED) is 0.865. The van der Waals surface area contributed by atoms with Crippen LogP contribution in [0.4, 0.5) is 0 Å². The van der Waals surface area contributed by atoms with Crippen LogP contribution >= 0.6 is 0 Å². The predicted molar refractivity (Wildman–Crippen MR) is 78.5 cm³/mol. The molecule has 3 heteroatoms. The van der Waals surface area contributed by atoms with Crippen molar-refractivity contribution in [1.29, 1.82) is 0 Å². The molecule has 0 bridgehead atoms. The smallest absolute Gasteiger partial charge is 0.119 e. The van der Waals surface area contributed by atoms with Crippen LogP contribution in [0, 0.1) is 0 Å². The lowest BCUT2D eigenvalue weighted by Gasteiger charge is -2.19. The van der Waals surface area contributed by atoms with Gasteiger partial charge in [0.2, 0.25) is 0 Å². The zero-order valence-corrected chi connectivity index (χ0v) is 11.6. The van der Waals surface area contributed by atoms with E-state index in [4.69, 9.17) is 9.84 Å². The van der Waals surface area contributed by atoms with Gasteiger partial charge in [-0.3, -0.25) is 4.90 Å². The molecule has 0 saturated carbocycles. The minimum Gasteiger partial charge on any atom is -0.497 e. The van der Waals surface area contributed by atoms with Crippen LogP contribution in [0.5, 0.6) is 5.75 Å². The molecule has 0 unspecified atom stereocenters. The summed E-state index contributed by atoms with van der Waals surface area (Å²) in [5.41, 5.74) is 1.27. The Kier molecular flexibility index (Phi) is 4.77. The van der Waals surface area contributed by atoms with Crippen LogP contribution < -0.4 is 4.74 Å². The summed E-state index contributed by atoms with van der Waals surface area (Å²) in [6.45, 7) is 4.86. The van der Waals surface area contributed by atoms with E-state index in [1.54, 1.807) is 7.11 Å². The van der Waals surface area contributed by atoms with E-state index in [0.29, 0.717) is 0 Å². The second-order valence-electron chi connectivity index (χ2n) is 4.64. The summed E-state index contributed by atoms with van der Waals surface area (Å²) in [4.78, 5) is 2.23. The highest BCUT2D eigenvalue weighted by atomic mass is 16.5. The van der Waals surface area contributed by atoms with Gasteiger partial charge in [0.1, 0.15) is 5.75 Å². The summed E-state index contributed by atoms with van der Waals surface area (Å²) in [7, 11) is 1.68. The number of hydrogen-bond acceptors (Lipinski definition) is 3. The van der Waals surface area contributed by atoms with E-state index >= 15 is 0 Å². The minimum absolute atomic E-state index is 0.207. The third-order valence-electron chi connectivity index (χ3n) is 3.38. The Labute approximate surface area is 114 Å². The minimum atomic E-state index is 0.207. The van der Waals surface area contributed by atoms with Crippen molar-refractivity contribution in [2.45, 2.75) is 13.5 Å².